The second-order valence-corrected chi connectivity index (χ2v) is 24.0. The van der Waals surface area contributed by atoms with E-state index in [1.54, 1.807) is 0 Å². The van der Waals surface area contributed by atoms with Crippen molar-refractivity contribution in [2.75, 3.05) is 54.6 Å². The monoisotopic (exact) mass is 1030 g/mol. The van der Waals surface area contributed by atoms with Crippen LogP contribution in [0.5, 0.6) is 0 Å². The average molecular weight is 1030 g/mol. The van der Waals surface area contributed by atoms with Crippen molar-refractivity contribution in [1.82, 2.24) is 9.80 Å². The van der Waals surface area contributed by atoms with Gasteiger partial charge in [-0.05, 0) is 122 Å². The first kappa shape index (κ1) is 63.3. The fourth-order valence-electron chi connectivity index (χ4n) is 10.9. The van der Waals surface area contributed by atoms with Crippen LogP contribution in [0.25, 0.3) is 0 Å². The molecular formula is C56H104N2O10P2. The normalized spacial score (nSPS) is 23.2. The lowest BCUT2D eigenvalue weighted by molar-refractivity contribution is -0.208. The van der Waals surface area contributed by atoms with Crippen LogP contribution >= 0.6 is 15.6 Å². The molecule has 2 saturated carbocycles. The molecule has 0 amide bonds. The van der Waals surface area contributed by atoms with Gasteiger partial charge < -0.3 is 19.3 Å². The largest absolute Gasteiger partial charge is 0.471 e. The van der Waals surface area contributed by atoms with E-state index in [0.29, 0.717) is 18.5 Å². The molecule has 1 saturated heterocycles. The van der Waals surface area contributed by atoms with Gasteiger partial charge >= 0.3 is 15.6 Å². The van der Waals surface area contributed by atoms with Gasteiger partial charge in [0.25, 0.3) is 0 Å². The van der Waals surface area contributed by atoms with Crippen LogP contribution in [0.2, 0.25) is 0 Å². The van der Waals surface area contributed by atoms with Crippen LogP contribution in [0.15, 0.2) is 48.6 Å². The predicted octanol–water partition coefficient (Wildman–Crippen LogP) is 15.4. The van der Waals surface area contributed by atoms with E-state index in [1.165, 1.54) is 154 Å². The van der Waals surface area contributed by atoms with E-state index in [4.69, 9.17) is 18.5 Å². The SMILES string of the molecule is CCCCC/C=C\C/C=C\CCCCCCCCC1(CCCCCCCC/C=C\C/C=C\CCCCC)CCC2(CC1)O[C@H]1C[C@@H](N(C)CCOP(=O)(O)OC)[C@@H](N(C)CCOP(=O)(O)OC)C[C@@H]1O2. The Morgan fingerprint density at radius 2 is 0.857 bits per heavy atom. The molecule has 70 heavy (non-hydrogen) atoms. The maximum atomic E-state index is 12.1. The van der Waals surface area contributed by atoms with Crippen LogP contribution < -0.4 is 0 Å². The van der Waals surface area contributed by atoms with E-state index in [1.807, 2.05) is 14.1 Å². The number of fused-ring (bicyclic) bond motifs is 1. The lowest BCUT2D eigenvalue weighted by Crippen LogP contribution is -2.57. The minimum Gasteiger partial charge on any atom is -0.344 e. The summed E-state index contributed by atoms with van der Waals surface area (Å²) >= 11 is 0. The molecule has 2 aliphatic carbocycles. The summed E-state index contributed by atoms with van der Waals surface area (Å²) in [5, 5.41) is 0. The minimum atomic E-state index is -4.10. The van der Waals surface area contributed by atoms with E-state index in [-0.39, 0.29) is 37.5 Å². The van der Waals surface area contributed by atoms with Crippen LogP contribution in [-0.4, -0.2) is 104 Å². The van der Waals surface area contributed by atoms with Crippen molar-refractivity contribution in [2.24, 2.45) is 5.41 Å². The van der Waals surface area contributed by atoms with Crippen LogP contribution in [0.1, 0.15) is 219 Å². The van der Waals surface area contributed by atoms with Crippen molar-refractivity contribution >= 4 is 15.6 Å². The molecule has 0 radical (unpaired) electrons. The summed E-state index contributed by atoms with van der Waals surface area (Å²) in [4.78, 5) is 24.0. The third-order valence-corrected chi connectivity index (χ3v) is 17.4. The molecule has 3 aliphatic rings. The van der Waals surface area contributed by atoms with Gasteiger partial charge in [-0.15, -0.1) is 0 Å². The molecule has 6 atom stereocenters. The summed E-state index contributed by atoms with van der Waals surface area (Å²) in [5.41, 5.74) is 0.338. The zero-order valence-electron chi connectivity index (χ0n) is 45.3. The van der Waals surface area contributed by atoms with E-state index in [2.05, 4.69) is 81.3 Å². The number of unbranched alkanes of at least 4 members (excludes halogenated alkanes) is 18. The quantitative estimate of drug-likeness (QED) is 0.0342. The van der Waals surface area contributed by atoms with Crippen LogP contribution in [0, 0.1) is 5.41 Å². The van der Waals surface area contributed by atoms with E-state index in [0.717, 1.165) is 65.6 Å². The zero-order chi connectivity index (χ0) is 50.8. The molecule has 1 spiro atoms. The molecular weight excluding hydrogens is 923 g/mol. The molecule has 2 unspecified atom stereocenters. The maximum Gasteiger partial charge on any atom is 0.471 e. The molecule has 14 heteroatoms. The van der Waals surface area contributed by atoms with Gasteiger partial charge in [0.05, 0.1) is 25.4 Å². The summed E-state index contributed by atoms with van der Waals surface area (Å²) in [7, 11) is -1.90. The molecule has 0 aromatic heterocycles. The Morgan fingerprint density at radius 3 is 1.21 bits per heavy atom. The first-order valence-electron chi connectivity index (χ1n) is 28.2. The Bertz CT molecular complexity index is 1450. The molecule has 3 rings (SSSR count). The first-order valence-corrected chi connectivity index (χ1v) is 31.2. The third-order valence-electron chi connectivity index (χ3n) is 15.4. The summed E-state index contributed by atoms with van der Waals surface area (Å²) in [6.07, 6.45) is 57.3. The Labute approximate surface area is 428 Å². The van der Waals surface area contributed by atoms with Gasteiger partial charge in [0.15, 0.2) is 5.79 Å². The number of likely N-dealkylation sites (N-methyl/N-ethyl adjacent to an activating group) is 2. The summed E-state index contributed by atoms with van der Waals surface area (Å²) < 4.78 is 57.9. The summed E-state index contributed by atoms with van der Waals surface area (Å²) in [5.74, 6) is -0.579. The number of hydrogen-bond acceptors (Lipinski definition) is 10. The second kappa shape index (κ2) is 36.9. The second-order valence-electron chi connectivity index (χ2n) is 20.9. The van der Waals surface area contributed by atoms with Gasteiger partial charge in [-0.2, -0.15) is 0 Å². The van der Waals surface area contributed by atoms with E-state index < -0.39 is 21.4 Å². The van der Waals surface area contributed by atoms with Crippen molar-refractivity contribution in [1.29, 1.82) is 0 Å². The Morgan fingerprint density at radius 1 is 0.514 bits per heavy atom. The number of ether oxygens (including phenoxy) is 2. The Balaban J connectivity index is 1.54. The number of hydrogen-bond donors (Lipinski definition) is 2. The van der Waals surface area contributed by atoms with E-state index >= 15 is 0 Å². The van der Waals surface area contributed by atoms with Gasteiger partial charge in [-0.25, -0.2) is 9.13 Å². The van der Waals surface area contributed by atoms with Crippen LogP contribution in [0.4, 0.5) is 0 Å². The number of allylic oxidation sites excluding steroid dienone is 8. The van der Waals surface area contributed by atoms with Crippen LogP contribution in [0.3, 0.4) is 0 Å². The Kier molecular flexibility index (Phi) is 33.4. The molecule has 0 aromatic rings. The highest BCUT2D eigenvalue weighted by Crippen LogP contribution is 2.54. The fourth-order valence-corrected chi connectivity index (χ4v) is 11.7. The third kappa shape index (κ3) is 26.5. The molecule has 0 aromatic carbocycles. The molecule has 3 fully saturated rings. The average Bonchev–Trinajstić information content (AvgIpc) is 3.71. The van der Waals surface area contributed by atoms with Crippen molar-refractivity contribution in [3.63, 3.8) is 0 Å². The zero-order valence-corrected chi connectivity index (χ0v) is 47.1. The number of rotatable bonds is 42. The maximum absolute atomic E-state index is 12.1. The molecule has 2 N–H and O–H groups in total. The van der Waals surface area contributed by atoms with Gasteiger partial charge in [-0.3, -0.25) is 27.9 Å². The highest BCUT2D eigenvalue weighted by Gasteiger charge is 2.55. The molecule has 408 valence electrons. The number of nitrogens with zero attached hydrogens (tertiary/aromatic N) is 2. The fraction of sp³-hybridized carbons (Fsp3) is 0.857. The van der Waals surface area contributed by atoms with Crippen molar-refractivity contribution in [3.05, 3.63) is 48.6 Å². The molecule has 0 bridgehead atoms. The highest BCUT2D eigenvalue weighted by atomic mass is 31.2. The van der Waals surface area contributed by atoms with Crippen LogP contribution in [-0.2, 0) is 36.7 Å². The van der Waals surface area contributed by atoms with E-state index in [9.17, 15) is 18.9 Å². The lowest BCUT2D eigenvalue weighted by atomic mass is 9.66. The highest BCUT2D eigenvalue weighted by molar-refractivity contribution is 7.47. The molecule has 1 heterocycles. The van der Waals surface area contributed by atoms with Crippen molar-refractivity contribution in [3.8, 4) is 0 Å². The van der Waals surface area contributed by atoms with Gasteiger partial charge in [0.1, 0.15) is 0 Å². The van der Waals surface area contributed by atoms with Gasteiger partial charge in [0, 0.05) is 52.2 Å². The molecule has 1 aliphatic heterocycles. The summed E-state index contributed by atoms with van der Waals surface area (Å²) in [6.45, 7) is 5.38. The topological polar surface area (TPSA) is 136 Å². The first-order chi connectivity index (χ1) is 33.8. The predicted molar refractivity (Wildman–Crippen MR) is 289 cm³/mol. The van der Waals surface area contributed by atoms with Crippen molar-refractivity contribution in [2.45, 2.75) is 249 Å². The van der Waals surface area contributed by atoms with Gasteiger partial charge in [0.2, 0.25) is 0 Å². The lowest BCUT2D eigenvalue weighted by Gasteiger charge is -2.45. The van der Waals surface area contributed by atoms with Gasteiger partial charge in [-0.1, -0.05) is 152 Å². The molecule has 12 nitrogen and oxygen atoms in total. The summed E-state index contributed by atoms with van der Waals surface area (Å²) in [6, 6.07) is 0.0145. The smallest absolute Gasteiger partial charge is 0.344 e. The Hall–Kier alpha value is -0.980. The number of phosphoric acid groups is 2. The number of phosphoric ester groups is 2. The van der Waals surface area contributed by atoms with Crippen molar-refractivity contribution < 1.29 is 46.5 Å². The standard InChI is InChI=1S/C56H104N2O10P2/c1-7-9-11-13-15-17-19-21-23-25-27-29-31-33-35-37-39-55(40-38-36-34-32-30-28-26-24-22-20-18-16-14-12-10-8-2)41-43-56(44-42-55)67-53-49-51(57(3)45-47-65-69(59,60)63-5)52(50-54(53)68-56)58(4)46-48-66-70(61,62)64-6/h15-18,21-24,51-54H,7-14,19-20,25-50H2,1-6H3,(H,59,60)(H,61,62)/b17-15-,18-16-,23-21-,24-22-/t51-,52+,53-,54-/m0/s1. The minimum absolute atomic E-state index is 0.00727.